The number of carbonyl (C=O) groups is 3. The van der Waals surface area contributed by atoms with Crippen LogP contribution in [0, 0.1) is 5.82 Å². The molecule has 7 nitrogen and oxygen atoms in total. The molecule has 0 spiro atoms. The van der Waals surface area contributed by atoms with Gasteiger partial charge in [-0.2, -0.15) is 0 Å². The lowest BCUT2D eigenvalue weighted by Crippen LogP contribution is -2.29. The summed E-state index contributed by atoms with van der Waals surface area (Å²) in [7, 11) is 0. The SMILES string of the molecule is NC(=O)C(=O)C[C@H]1CN(c2ccc(C3(C(=O)O)CC3)c(F)c2)CO1. The highest BCUT2D eigenvalue weighted by Gasteiger charge is 2.53. The van der Waals surface area contributed by atoms with Crippen LogP contribution in [0.3, 0.4) is 0 Å². The van der Waals surface area contributed by atoms with Gasteiger partial charge in [0.25, 0.3) is 5.91 Å². The van der Waals surface area contributed by atoms with Crippen LogP contribution >= 0.6 is 0 Å². The second-order valence-corrected chi connectivity index (χ2v) is 6.18. The predicted octanol–water partition coefficient (Wildman–Crippen LogP) is 0.549. The fourth-order valence-electron chi connectivity index (χ4n) is 2.97. The quantitative estimate of drug-likeness (QED) is 0.734. The minimum Gasteiger partial charge on any atom is -0.481 e. The average Bonchev–Trinajstić information content (AvgIpc) is 3.20. The van der Waals surface area contributed by atoms with Crippen LogP contribution in [-0.4, -0.2) is 42.1 Å². The Morgan fingerprint density at radius 2 is 2.08 bits per heavy atom. The number of amides is 1. The Morgan fingerprint density at radius 1 is 1.38 bits per heavy atom. The maximum Gasteiger partial charge on any atom is 0.314 e. The van der Waals surface area contributed by atoms with Crippen LogP contribution in [0.4, 0.5) is 10.1 Å². The van der Waals surface area contributed by atoms with E-state index in [2.05, 4.69) is 0 Å². The molecular formula is C16H17FN2O5. The first-order valence-corrected chi connectivity index (χ1v) is 7.56. The molecule has 1 aliphatic heterocycles. The summed E-state index contributed by atoms with van der Waals surface area (Å²) in [6.07, 6.45) is 0.265. The van der Waals surface area contributed by atoms with Crippen molar-refractivity contribution in [1.29, 1.82) is 0 Å². The van der Waals surface area contributed by atoms with Gasteiger partial charge in [-0.05, 0) is 25.0 Å². The van der Waals surface area contributed by atoms with Crippen molar-refractivity contribution >= 4 is 23.3 Å². The topological polar surface area (TPSA) is 110 Å². The summed E-state index contributed by atoms with van der Waals surface area (Å²) in [5.74, 6) is -3.29. The molecule has 1 aromatic carbocycles. The molecule has 1 saturated heterocycles. The summed E-state index contributed by atoms with van der Waals surface area (Å²) in [6.45, 7) is 0.474. The van der Waals surface area contributed by atoms with Crippen LogP contribution < -0.4 is 10.6 Å². The first-order valence-electron chi connectivity index (χ1n) is 7.56. The van der Waals surface area contributed by atoms with Crippen molar-refractivity contribution < 1.29 is 28.6 Å². The number of primary amides is 1. The number of hydrogen-bond donors (Lipinski definition) is 2. The molecule has 3 N–H and O–H groups in total. The van der Waals surface area contributed by atoms with E-state index in [0.717, 1.165) is 0 Å². The smallest absolute Gasteiger partial charge is 0.314 e. The standard InChI is InChI=1S/C16H17FN2O5/c17-12-5-9(1-2-11(12)16(3-4-16)15(22)23)19-7-10(24-8-19)6-13(20)14(18)21/h1-2,5,10H,3-4,6-8H2,(H2,18,21)(H,22,23)/t10-/m0/s1. The van der Waals surface area contributed by atoms with Gasteiger partial charge < -0.3 is 20.5 Å². The van der Waals surface area contributed by atoms with E-state index in [9.17, 15) is 23.9 Å². The molecule has 1 aliphatic carbocycles. The van der Waals surface area contributed by atoms with Crippen molar-refractivity contribution in [3.05, 3.63) is 29.6 Å². The van der Waals surface area contributed by atoms with Crippen molar-refractivity contribution in [1.82, 2.24) is 0 Å². The highest BCUT2D eigenvalue weighted by Crippen LogP contribution is 2.49. The summed E-state index contributed by atoms with van der Waals surface area (Å²) >= 11 is 0. The lowest BCUT2D eigenvalue weighted by Gasteiger charge is -2.18. The first-order chi connectivity index (χ1) is 11.3. The first kappa shape index (κ1) is 16.4. The van der Waals surface area contributed by atoms with E-state index in [1.165, 1.54) is 12.1 Å². The van der Waals surface area contributed by atoms with E-state index in [1.807, 2.05) is 0 Å². The van der Waals surface area contributed by atoms with Gasteiger partial charge in [-0.25, -0.2) is 4.39 Å². The van der Waals surface area contributed by atoms with E-state index < -0.39 is 35.0 Å². The second-order valence-electron chi connectivity index (χ2n) is 6.18. The van der Waals surface area contributed by atoms with Gasteiger partial charge in [0.15, 0.2) is 0 Å². The van der Waals surface area contributed by atoms with Gasteiger partial charge in [-0.3, -0.25) is 14.4 Å². The van der Waals surface area contributed by atoms with Crippen molar-refractivity contribution in [3.8, 4) is 0 Å². The number of benzene rings is 1. The van der Waals surface area contributed by atoms with Crippen molar-refractivity contribution in [2.24, 2.45) is 5.73 Å². The third-order valence-electron chi connectivity index (χ3n) is 4.57. The zero-order valence-electron chi connectivity index (χ0n) is 12.8. The number of aliphatic carboxylic acids is 1. The van der Waals surface area contributed by atoms with Gasteiger partial charge in [0.1, 0.15) is 12.5 Å². The van der Waals surface area contributed by atoms with Crippen LogP contribution in [0.5, 0.6) is 0 Å². The Hall–Kier alpha value is -2.48. The molecule has 0 aromatic heterocycles. The Balaban J connectivity index is 1.71. The summed E-state index contributed by atoms with van der Waals surface area (Å²) in [6, 6.07) is 4.41. The van der Waals surface area contributed by atoms with Crippen LogP contribution in [0.15, 0.2) is 18.2 Å². The number of Topliss-reactive ketones (excluding diaryl/α,β-unsaturated/α-hetero) is 1. The molecule has 1 atom stereocenters. The van der Waals surface area contributed by atoms with Crippen LogP contribution in [0.2, 0.25) is 0 Å². The second kappa shape index (κ2) is 5.86. The van der Waals surface area contributed by atoms with Crippen molar-refractivity contribution in [3.63, 3.8) is 0 Å². The van der Waals surface area contributed by atoms with E-state index in [1.54, 1.807) is 11.0 Å². The fourth-order valence-corrected chi connectivity index (χ4v) is 2.97. The third-order valence-corrected chi connectivity index (χ3v) is 4.57. The minimum absolute atomic E-state index is 0.117. The van der Waals surface area contributed by atoms with Gasteiger partial charge >= 0.3 is 5.97 Å². The molecule has 24 heavy (non-hydrogen) atoms. The molecule has 128 valence electrons. The lowest BCUT2D eigenvalue weighted by molar-refractivity contribution is -0.140. The molecule has 8 heteroatoms. The van der Waals surface area contributed by atoms with E-state index in [4.69, 9.17) is 10.5 Å². The largest absolute Gasteiger partial charge is 0.481 e. The summed E-state index contributed by atoms with van der Waals surface area (Å²) in [5.41, 5.74) is 4.54. The van der Waals surface area contributed by atoms with Gasteiger partial charge in [0.05, 0.1) is 11.5 Å². The fraction of sp³-hybridized carbons (Fsp3) is 0.438. The lowest BCUT2D eigenvalue weighted by atomic mass is 9.95. The Morgan fingerprint density at radius 3 is 2.62 bits per heavy atom. The number of halogens is 1. The molecule has 3 rings (SSSR count). The van der Waals surface area contributed by atoms with Crippen LogP contribution in [0.25, 0.3) is 0 Å². The summed E-state index contributed by atoms with van der Waals surface area (Å²) in [5, 5.41) is 9.26. The predicted molar refractivity (Wildman–Crippen MR) is 80.9 cm³/mol. The number of carboxylic acid groups (broad SMARTS) is 1. The summed E-state index contributed by atoms with van der Waals surface area (Å²) < 4.78 is 19.8. The van der Waals surface area contributed by atoms with Crippen molar-refractivity contribution in [2.45, 2.75) is 30.8 Å². The van der Waals surface area contributed by atoms with Gasteiger partial charge in [0, 0.05) is 24.2 Å². The number of carbonyl (C=O) groups excluding carboxylic acids is 2. The highest BCUT2D eigenvalue weighted by atomic mass is 19.1. The number of carboxylic acids is 1. The van der Waals surface area contributed by atoms with E-state index in [0.29, 0.717) is 25.1 Å². The number of nitrogens with zero attached hydrogens (tertiary/aromatic N) is 1. The number of ketones is 1. The monoisotopic (exact) mass is 336 g/mol. The van der Waals surface area contributed by atoms with E-state index in [-0.39, 0.29) is 18.7 Å². The molecule has 2 aliphatic rings. The molecule has 1 heterocycles. The Bertz CT molecular complexity index is 716. The zero-order chi connectivity index (χ0) is 17.5. The highest BCUT2D eigenvalue weighted by molar-refractivity contribution is 6.35. The summed E-state index contributed by atoms with van der Waals surface area (Å²) in [4.78, 5) is 35.1. The molecule has 2 fully saturated rings. The normalized spacial score (nSPS) is 21.5. The number of hydrogen-bond acceptors (Lipinski definition) is 5. The van der Waals surface area contributed by atoms with Gasteiger partial charge in [0.2, 0.25) is 5.78 Å². The molecule has 1 saturated carbocycles. The Labute approximate surface area is 137 Å². The molecule has 1 aromatic rings. The molecule has 0 bridgehead atoms. The number of nitrogens with two attached hydrogens (primary N) is 1. The molecule has 0 radical (unpaired) electrons. The Kier molecular flexibility index (Phi) is 4.00. The van der Waals surface area contributed by atoms with Crippen LogP contribution in [0.1, 0.15) is 24.8 Å². The minimum atomic E-state index is -1.10. The average molecular weight is 336 g/mol. The molecular weight excluding hydrogens is 319 g/mol. The molecule has 0 unspecified atom stereocenters. The van der Waals surface area contributed by atoms with Gasteiger partial charge in [-0.15, -0.1) is 0 Å². The van der Waals surface area contributed by atoms with Crippen molar-refractivity contribution in [2.75, 3.05) is 18.2 Å². The maximum absolute atomic E-state index is 14.4. The number of rotatable bonds is 6. The zero-order valence-corrected chi connectivity index (χ0v) is 12.8. The number of ether oxygens (including phenoxy) is 1. The maximum atomic E-state index is 14.4. The number of anilines is 1. The van der Waals surface area contributed by atoms with Crippen LogP contribution in [-0.2, 0) is 24.5 Å². The third kappa shape index (κ3) is 2.84. The van der Waals surface area contributed by atoms with Gasteiger partial charge in [-0.1, -0.05) is 6.07 Å². The van der Waals surface area contributed by atoms with E-state index >= 15 is 0 Å². The molecule has 1 amide bonds.